The predicted molar refractivity (Wildman–Crippen MR) is 46.6 cm³/mol. The molecule has 1 aliphatic rings. The molecule has 0 aromatic heterocycles. The topological polar surface area (TPSA) is 101 Å². The Balaban J connectivity index is 2.60. The van der Waals surface area contributed by atoms with Gasteiger partial charge in [-0.25, -0.2) is 14.7 Å². The highest BCUT2D eigenvalue weighted by atomic mass is 16.7. The number of hydroxylamine groups is 2. The van der Waals surface area contributed by atoms with E-state index in [4.69, 9.17) is 4.84 Å². The molecule has 7 heteroatoms. The largest absolute Gasteiger partial charge is 0.386 e. The first-order valence-corrected chi connectivity index (χ1v) is 4.64. The highest BCUT2D eigenvalue weighted by Crippen LogP contribution is 2.15. The molecule has 1 heterocycles. The monoisotopic (exact) mass is 227 g/mol. The average Bonchev–Trinajstić information content (AvgIpc) is 2.54. The average molecular weight is 227 g/mol. The summed E-state index contributed by atoms with van der Waals surface area (Å²) in [5.74, 6) is -2.76. The van der Waals surface area contributed by atoms with Crippen molar-refractivity contribution in [2.24, 2.45) is 0 Å². The molecule has 0 bridgehead atoms. The summed E-state index contributed by atoms with van der Waals surface area (Å²) < 4.78 is 0. The number of rotatable bonds is 6. The van der Waals surface area contributed by atoms with E-state index in [1.54, 1.807) is 0 Å². The maximum atomic E-state index is 11.1. The maximum absolute atomic E-state index is 11.1. The summed E-state index contributed by atoms with van der Waals surface area (Å²) in [6, 6.07) is 0. The molecule has 2 amide bonds. The van der Waals surface area contributed by atoms with Crippen LogP contribution in [0.2, 0.25) is 0 Å². The van der Waals surface area contributed by atoms with Crippen molar-refractivity contribution in [2.45, 2.75) is 31.8 Å². The van der Waals surface area contributed by atoms with E-state index in [0.717, 1.165) is 0 Å². The Morgan fingerprint density at radius 2 is 1.94 bits per heavy atom. The number of hydrogen-bond acceptors (Lipinski definition) is 5. The van der Waals surface area contributed by atoms with Gasteiger partial charge in [-0.2, -0.15) is 5.06 Å². The quantitative estimate of drug-likeness (QED) is 0.557. The van der Waals surface area contributed by atoms with Crippen LogP contribution >= 0.6 is 0 Å². The van der Waals surface area contributed by atoms with E-state index in [2.05, 4.69) is 0 Å². The van der Waals surface area contributed by atoms with E-state index in [9.17, 15) is 24.3 Å². The lowest BCUT2D eigenvalue weighted by atomic mass is 10.2. The first kappa shape index (κ1) is 12.3. The minimum absolute atomic E-state index is 0.00158. The van der Waals surface area contributed by atoms with Crippen molar-refractivity contribution >= 4 is 24.1 Å². The molecule has 86 valence electrons. The molecule has 2 radical (unpaired) electrons. The molecule has 0 N–H and O–H groups in total. The van der Waals surface area contributed by atoms with E-state index in [-0.39, 0.29) is 25.7 Å². The first-order valence-electron chi connectivity index (χ1n) is 4.64. The van der Waals surface area contributed by atoms with E-state index in [0.29, 0.717) is 5.06 Å². The van der Waals surface area contributed by atoms with Crippen LogP contribution in [-0.4, -0.2) is 35.2 Å². The standard InChI is InChI=1S/C9H9NO6/c11-5-1-2-6(9(14)15)16-10-7(12)3-4-8(10)13/h6H,1-4H2. The van der Waals surface area contributed by atoms with Crippen LogP contribution < -0.4 is 0 Å². The second-order valence-corrected chi connectivity index (χ2v) is 3.18. The normalized spacial score (nSPS) is 17.6. The van der Waals surface area contributed by atoms with E-state index in [1.807, 2.05) is 0 Å². The van der Waals surface area contributed by atoms with Crippen molar-refractivity contribution in [1.82, 2.24) is 5.06 Å². The van der Waals surface area contributed by atoms with Crippen LogP contribution in [-0.2, 0) is 29.1 Å². The number of carbonyl (C=O) groups is 3. The summed E-state index contributed by atoms with van der Waals surface area (Å²) in [6.45, 7) is 0. The van der Waals surface area contributed by atoms with Crippen molar-refractivity contribution in [3.63, 3.8) is 0 Å². The second-order valence-electron chi connectivity index (χ2n) is 3.18. The molecule has 1 unspecified atom stereocenters. The lowest BCUT2D eigenvalue weighted by Gasteiger charge is -2.17. The Bertz CT molecular complexity index is 310. The van der Waals surface area contributed by atoms with Crippen LogP contribution in [0.5, 0.6) is 0 Å². The van der Waals surface area contributed by atoms with Crippen LogP contribution in [0.3, 0.4) is 0 Å². The summed E-state index contributed by atoms with van der Waals surface area (Å²) in [5, 5.41) is 11.0. The molecule has 7 nitrogen and oxygen atoms in total. The number of imide groups is 1. The SMILES string of the molecule is [O]C(=O)C(CC[C]=O)ON1C(=O)CCC1=O. The van der Waals surface area contributed by atoms with Gasteiger partial charge in [-0.15, -0.1) is 0 Å². The molecule has 1 aliphatic heterocycles. The number of hydrogen-bond donors (Lipinski definition) is 0. The van der Waals surface area contributed by atoms with Crippen LogP contribution in [0, 0.1) is 0 Å². The molecule has 0 aromatic carbocycles. The molecule has 1 fully saturated rings. The van der Waals surface area contributed by atoms with Gasteiger partial charge in [-0.3, -0.25) is 14.4 Å². The fourth-order valence-corrected chi connectivity index (χ4v) is 1.20. The van der Waals surface area contributed by atoms with Gasteiger partial charge >= 0.3 is 5.97 Å². The van der Waals surface area contributed by atoms with Gasteiger partial charge in [0, 0.05) is 19.3 Å². The van der Waals surface area contributed by atoms with Gasteiger partial charge in [0.1, 0.15) is 0 Å². The van der Waals surface area contributed by atoms with Gasteiger partial charge in [0.05, 0.1) is 0 Å². The molecule has 0 aromatic rings. The fourth-order valence-electron chi connectivity index (χ4n) is 1.20. The van der Waals surface area contributed by atoms with Crippen molar-refractivity contribution in [1.29, 1.82) is 0 Å². The Hall–Kier alpha value is -1.76. The third kappa shape index (κ3) is 2.86. The van der Waals surface area contributed by atoms with Crippen LogP contribution in [0.15, 0.2) is 0 Å². The van der Waals surface area contributed by atoms with Gasteiger partial charge in [-0.1, -0.05) is 0 Å². The third-order valence-electron chi connectivity index (χ3n) is 2.01. The summed E-state index contributed by atoms with van der Waals surface area (Å²) in [5.41, 5.74) is 0. The summed E-state index contributed by atoms with van der Waals surface area (Å²) in [7, 11) is 0. The number of nitrogens with zero attached hydrogens (tertiary/aromatic N) is 1. The van der Waals surface area contributed by atoms with Gasteiger partial charge < -0.3 is 0 Å². The highest BCUT2D eigenvalue weighted by Gasteiger charge is 2.34. The molecular weight excluding hydrogens is 218 g/mol. The van der Waals surface area contributed by atoms with Crippen LogP contribution in [0.25, 0.3) is 0 Å². The molecule has 1 atom stereocenters. The minimum Gasteiger partial charge on any atom is -0.291 e. The molecule has 16 heavy (non-hydrogen) atoms. The van der Waals surface area contributed by atoms with Crippen LogP contribution in [0.1, 0.15) is 25.7 Å². The molecule has 1 rings (SSSR count). The Morgan fingerprint density at radius 3 is 2.38 bits per heavy atom. The Labute approximate surface area is 90.9 Å². The third-order valence-corrected chi connectivity index (χ3v) is 2.01. The lowest BCUT2D eigenvalue weighted by Crippen LogP contribution is -2.37. The van der Waals surface area contributed by atoms with E-state index in [1.165, 1.54) is 6.29 Å². The Morgan fingerprint density at radius 1 is 1.38 bits per heavy atom. The summed E-state index contributed by atoms with van der Waals surface area (Å²) in [4.78, 5) is 47.5. The lowest BCUT2D eigenvalue weighted by molar-refractivity contribution is -0.211. The zero-order valence-corrected chi connectivity index (χ0v) is 8.30. The Kier molecular flexibility index (Phi) is 4.12. The highest BCUT2D eigenvalue weighted by molar-refractivity contribution is 6.00. The van der Waals surface area contributed by atoms with E-state index < -0.39 is 23.9 Å². The zero-order chi connectivity index (χ0) is 12.1. The summed E-state index contributed by atoms with van der Waals surface area (Å²) >= 11 is 0. The zero-order valence-electron chi connectivity index (χ0n) is 8.30. The molecule has 0 saturated carbocycles. The first-order chi connectivity index (χ1) is 7.56. The van der Waals surface area contributed by atoms with Gasteiger partial charge in [-0.05, 0) is 6.42 Å². The second kappa shape index (κ2) is 5.36. The maximum Gasteiger partial charge on any atom is 0.386 e. The number of carbonyl (C=O) groups excluding carboxylic acids is 4. The molecule has 0 aliphatic carbocycles. The molecular formula is C9H9NO6. The van der Waals surface area contributed by atoms with Gasteiger partial charge in [0.2, 0.25) is 0 Å². The van der Waals surface area contributed by atoms with Gasteiger partial charge in [0.15, 0.2) is 12.4 Å². The molecule has 0 spiro atoms. The minimum atomic E-state index is -1.58. The van der Waals surface area contributed by atoms with Gasteiger partial charge in [0.25, 0.3) is 11.8 Å². The smallest absolute Gasteiger partial charge is 0.291 e. The van der Waals surface area contributed by atoms with Crippen molar-refractivity contribution in [3.8, 4) is 0 Å². The predicted octanol–water partition coefficient (Wildman–Crippen LogP) is -0.717. The van der Waals surface area contributed by atoms with E-state index >= 15 is 0 Å². The van der Waals surface area contributed by atoms with Crippen LogP contribution in [0.4, 0.5) is 0 Å². The van der Waals surface area contributed by atoms with Crippen molar-refractivity contribution < 1.29 is 29.1 Å². The summed E-state index contributed by atoms with van der Waals surface area (Å²) in [6.07, 6.45) is -0.369. The van der Waals surface area contributed by atoms with Crippen molar-refractivity contribution in [2.75, 3.05) is 0 Å². The molecule has 1 saturated heterocycles. The fraction of sp³-hybridized carbons (Fsp3) is 0.556. The van der Waals surface area contributed by atoms with Crippen molar-refractivity contribution in [3.05, 3.63) is 0 Å². The number of amides is 2.